The third-order valence-electron chi connectivity index (χ3n) is 8.58. The molecule has 1 aromatic carbocycles. The number of ether oxygens (including phenoxy) is 8. The molecule has 0 amide bonds. The summed E-state index contributed by atoms with van der Waals surface area (Å²) < 4.78 is 49.0. The van der Waals surface area contributed by atoms with Crippen molar-refractivity contribution in [3.8, 4) is 0 Å². The van der Waals surface area contributed by atoms with Crippen LogP contribution in [0.25, 0.3) is 20.9 Å². The third-order valence-corrected chi connectivity index (χ3v) is 8.58. The van der Waals surface area contributed by atoms with E-state index in [1.54, 1.807) is 44.2 Å². The lowest BCUT2D eigenvalue weighted by atomic mass is 9.95. The molecule has 4 unspecified atom stereocenters. The van der Waals surface area contributed by atoms with Crippen molar-refractivity contribution in [1.29, 1.82) is 0 Å². The Balaban J connectivity index is 1.96. The second kappa shape index (κ2) is 22.4. The summed E-state index contributed by atoms with van der Waals surface area (Å²) in [6.45, 7) is 8.44. The fourth-order valence-corrected chi connectivity index (χ4v) is 5.80. The van der Waals surface area contributed by atoms with Crippen molar-refractivity contribution in [2.24, 2.45) is 10.2 Å². The van der Waals surface area contributed by atoms with E-state index in [1.807, 2.05) is 13.8 Å². The van der Waals surface area contributed by atoms with Crippen LogP contribution in [0.3, 0.4) is 0 Å². The maximum Gasteiger partial charge on any atom is 0.338 e. The van der Waals surface area contributed by atoms with Gasteiger partial charge in [-0.25, -0.2) is 4.79 Å². The van der Waals surface area contributed by atoms with Gasteiger partial charge in [-0.3, -0.25) is 4.79 Å². The Kier molecular flexibility index (Phi) is 18.3. The Morgan fingerprint density at radius 1 is 0.740 bits per heavy atom. The molecule has 2 saturated heterocycles. The fraction of sp³-hybridized carbons (Fsp3) is 0.765. The number of rotatable bonds is 21. The molecule has 0 aromatic heterocycles. The zero-order valence-electron chi connectivity index (χ0n) is 29.7. The smallest absolute Gasteiger partial charge is 0.338 e. The molecule has 0 saturated carbocycles. The van der Waals surface area contributed by atoms with Crippen LogP contribution in [0.4, 0.5) is 0 Å². The molecular weight excluding hydrogens is 652 g/mol. The van der Waals surface area contributed by atoms with Crippen molar-refractivity contribution >= 4 is 11.9 Å². The van der Waals surface area contributed by atoms with Crippen molar-refractivity contribution in [3.05, 3.63) is 56.8 Å². The molecule has 2 aliphatic rings. The van der Waals surface area contributed by atoms with E-state index in [2.05, 4.69) is 20.1 Å². The number of nitrogens with zero attached hydrogens (tertiary/aromatic N) is 6. The first-order valence-electron chi connectivity index (χ1n) is 17.5. The van der Waals surface area contributed by atoms with Gasteiger partial charge in [0.2, 0.25) is 0 Å². The molecule has 16 heteroatoms. The minimum atomic E-state index is -1.17. The quantitative estimate of drug-likeness (QED) is 0.0442. The predicted molar refractivity (Wildman–Crippen MR) is 181 cm³/mol. The maximum atomic E-state index is 13.4. The number of esters is 2. The van der Waals surface area contributed by atoms with Crippen LogP contribution in [-0.2, 0) is 42.7 Å². The summed E-state index contributed by atoms with van der Waals surface area (Å²) in [4.78, 5) is 31.0. The standard InChI is InChI=1S/C34H52N6O10/c1-6-8-19-44-28-26(37-39-35)22(3)47-33(46-21-15-11-14-18-25(41)43-5)31(28)50-34-30(45-20-9-7-2)29(27(38-40-36)23(4)48-34)49-32(42)24-16-12-10-13-17-24/h10,12-13,16-17,22-23,26-31,33-34H,6-9,11,14-15,18-21H2,1-5H3/t22?,23?,26-,27-,28?,29?,30-,31-,33+,34-/m1/s1. The van der Waals surface area contributed by atoms with Crippen LogP contribution in [0.15, 0.2) is 40.6 Å². The molecule has 2 fully saturated rings. The number of carbonyl (C=O) groups is 2. The van der Waals surface area contributed by atoms with E-state index in [9.17, 15) is 20.7 Å². The molecule has 0 aliphatic carbocycles. The Labute approximate surface area is 293 Å². The fourth-order valence-electron chi connectivity index (χ4n) is 5.80. The van der Waals surface area contributed by atoms with Gasteiger partial charge in [0.15, 0.2) is 12.6 Å². The van der Waals surface area contributed by atoms with Gasteiger partial charge in [-0.05, 0) is 62.7 Å². The van der Waals surface area contributed by atoms with Crippen LogP contribution in [0.5, 0.6) is 0 Å². The SMILES string of the molecule is CCCCOC1[C@H](N=[N+]=[N-])C(C)O[C@H](OCCCCCC(=O)OC)[C@@H]1O[C@H]1OC(C)[C@@H](N=[N+]=[N-])C(OC(=O)c2ccccc2)[C@H]1OCCCC. The summed E-state index contributed by atoms with van der Waals surface area (Å²) >= 11 is 0. The minimum absolute atomic E-state index is 0.271. The van der Waals surface area contributed by atoms with E-state index in [4.69, 9.17) is 37.9 Å². The van der Waals surface area contributed by atoms with Gasteiger partial charge in [-0.15, -0.1) is 0 Å². The summed E-state index contributed by atoms with van der Waals surface area (Å²) in [5.41, 5.74) is 19.3. The lowest BCUT2D eigenvalue weighted by Gasteiger charge is -2.48. The second-order valence-electron chi connectivity index (χ2n) is 12.3. The Hall–Kier alpha value is -3.46. The lowest BCUT2D eigenvalue weighted by molar-refractivity contribution is -0.350. The molecule has 0 spiro atoms. The molecular formula is C34H52N6O10. The Bertz CT molecular complexity index is 1260. The van der Waals surface area contributed by atoms with Crippen molar-refractivity contribution in [2.75, 3.05) is 26.9 Å². The van der Waals surface area contributed by atoms with E-state index in [0.717, 1.165) is 19.3 Å². The molecule has 0 N–H and O–H groups in total. The first kappa shape index (κ1) is 41.0. The van der Waals surface area contributed by atoms with Gasteiger partial charge in [0.05, 0.1) is 37.0 Å². The predicted octanol–water partition coefficient (Wildman–Crippen LogP) is 6.57. The molecule has 278 valence electrons. The van der Waals surface area contributed by atoms with E-state index in [1.165, 1.54) is 7.11 Å². The molecule has 2 aliphatic heterocycles. The van der Waals surface area contributed by atoms with Crippen molar-refractivity contribution < 1.29 is 47.5 Å². The summed E-state index contributed by atoms with van der Waals surface area (Å²) in [6.07, 6.45) is -1.97. The van der Waals surface area contributed by atoms with Crippen molar-refractivity contribution in [1.82, 2.24) is 0 Å². The number of benzene rings is 1. The molecule has 16 nitrogen and oxygen atoms in total. The Morgan fingerprint density at radius 2 is 1.32 bits per heavy atom. The summed E-state index contributed by atoms with van der Waals surface area (Å²) in [6, 6.07) is 6.76. The topological polar surface area (TPSA) is 206 Å². The van der Waals surface area contributed by atoms with E-state index < -0.39 is 67.3 Å². The number of methoxy groups -OCH3 is 1. The van der Waals surface area contributed by atoms with E-state index in [-0.39, 0.29) is 19.2 Å². The summed E-state index contributed by atoms with van der Waals surface area (Å²) in [5.74, 6) is -0.897. The normalized spacial score (nSPS) is 29.3. The van der Waals surface area contributed by atoms with E-state index >= 15 is 0 Å². The van der Waals surface area contributed by atoms with Gasteiger partial charge in [-0.2, -0.15) is 0 Å². The molecule has 50 heavy (non-hydrogen) atoms. The Morgan fingerprint density at radius 3 is 1.92 bits per heavy atom. The highest BCUT2D eigenvalue weighted by Crippen LogP contribution is 2.35. The van der Waals surface area contributed by atoms with Crippen LogP contribution in [0.1, 0.15) is 89.4 Å². The molecule has 2 heterocycles. The van der Waals surface area contributed by atoms with Crippen molar-refractivity contribution in [3.63, 3.8) is 0 Å². The first-order chi connectivity index (χ1) is 24.3. The number of azide groups is 2. The van der Waals surface area contributed by atoms with Gasteiger partial charge >= 0.3 is 11.9 Å². The highest BCUT2D eigenvalue weighted by atomic mass is 16.8. The van der Waals surface area contributed by atoms with Crippen LogP contribution in [0.2, 0.25) is 0 Å². The van der Waals surface area contributed by atoms with Gasteiger partial charge in [-0.1, -0.05) is 61.5 Å². The minimum Gasteiger partial charge on any atom is -0.469 e. The first-order valence-corrected chi connectivity index (χ1v) is 17.5. The highest BCUT2D eigenvalue weighted by Gasteiger charge is 2.53. The third kappa shape index (κ3) is 12.1. The average molecular weight is 705 g/mol. The van der Waals surface area contributed by atoms with Gasteiger partial charge in [0.25, 0.3) is 0 Å². The zero-order valence-corrected chi connectivity index (χ0v) is 29.7. The van der Waals surface area contributed by atoms with Crippen LogP contribution in [0, 0.1) is 0 Å². The molecule has 0 radical (unpaired) electrons. The summed E-state index contributed by atoms with van der Waals surface area (Å²) in [7, 11) is 1.36. The molecule has 3 rings (SSSR count). The maximum absolute atomic E-state index is 13.4. The van der Waals surface area contributed by atoms with Gasteiger partial charge in [0, 0.05) is 36.1 Å². The number of hydrogen-bond donors (Lipinski definition) is 0. The van der Waals surface area contributed by atoms with Crippen LogP contribution < -0.4 is 0 Å². The van der Waals surface area contributed by atoms with E-state index in [0.29, 0.717) is 44.3 Å². The van der Waals surface area contributed by atoms with Gasteiger partial charge < -0.3 is 37.9 Å². The number of unbranched alkanes of at least 4 members (excludes halogenated alkanes) is 4. The number of carbonyl (C=O) groups excluding carboxylic acids is 2. The lowest BCUT2D eigenvalue weighted by Crippen LogP contribution is -2.64. The second-order valence-corrected chi connectivity index (χ2v) is 12.3. The monoisotopic (exact) mass is 704 g/mol. The molecule has 1 aromatic rings. The zero-order chi connectivity index (χ0) is 36.3. The van der Waals surface area contributed by atoms with Gasteiger partial charge in [0.1, 0.15) is 24.4 Å². The average Bonchev–Trinajstić information content (AvgIpc) is 3.11. The van der Waals surface area contributed by atoms with Crippen molar-refractivity contribution in [2.45, 2.75) is 140 Å². The molecule has 0 bridgehead atoms. The van der Waals surface area contributed by atoms with Crippen LogP contribution >= 0.6 is 0 Å². The molecule has 10 atom stereocenters. The van der Waals surface area contributed by atoms with Crippen LogP contribution in [-0.4, -0.2) is 100 Å². The summed E-state index contributed by atoms with van der Waals surface area (Å²) in [5, 5.41) is 7.97. The largest absolute Gasteiger partial charge is 0.469 e. The number of hydrogen-bond acceptors (Lipinski definition) is 12. The highest BCUT2D eigenvalue weighted by molar-refractivity contribution is 5.89.